The number of amides is 1. The van der Waals surface area contributed by atoms with Crippen LogP contribution >= 0.6 is 12.4 Å². The Kier molecular flexibility index (Phi) is 6.05. The van der Waals surface area contributed by atoms with Gasteiger partial charge < -0.3 is 11.1 Å². The minimum atomic E-state index is -3.52. The fourth-order valence-electron chi connectivity index (χ4n) is 1.15. The van der Waals surface area contributed by atoms with Crippen LogP contribution in [-0.2, 0) is 10.7 Å². The molecule has 0 radical (unpaired) electrons. The zero-order valence-electron chi connectivity index (χ0n) is 9.32. The van der Waals surface area contributed by atoms with Gasteiger partial charge in [-0.25, -0.2) is 0 Å². The molecule has 0 unspecified atom stereocenters. The summed E-state index contributed by atoms with van der Waals surface area (Å²) in [7, 11) is 0. The zero-order valence-corrected chi connectivity index (χ0v) is 10.1. The molecule has 1 rings (SSSR count). The second-order valence-electron chi connectivity index (χ2n) is 3.55. The first-order chi connectivity index (χ1) is 7.48. The van der Waals surface area contributed by atoms with Crippen molar-refractivity contribution in [3.63, 3.8) is 0 Å². The first-order valence-electron chi connectivity index (χ1n) is 4.93. The van der Waals surface area contributed by atoms with Gasteiger partial charge >= 0.3 is 5.92 Å². The van der Waals surface area contributed by atoms with Gasteiger partial charge in [-0.15, -0.1) is 12.4 Å². The molecule has 3 N–H and O–H groups in total. The van der Waals surface area contributed by atoms with E-state index in [-0.39, 0.29) is 24.5 Å². The van der Waals surface area contributed by atoms with E-state index in [9.17, 15) is 13.6 Å². The third-order valence-electron chi connectivity index (χ3n) is 2.15. The van der Waals surface area contributed by atoms with Crippen LogP contribution in [0, 0.1) is 0 Å². The van der Waals surface area contributed by atoms with E-state index in [1.54, 1.807) is 13.0 Å². The summed E-state index contributed by atoms with van der Waals surface area (Å²) in [4.78, 5) is 11.3. The van der Waals surface area contributed by atoms with Gasteiger partial charge in [0.2, 0.25) is 0 Å². The van der Waals surface area contributed by atoms with E-state index < -0.39 is 17.9 Å². The summed E-state index contributed by atoms with van der Waals surface area (Å²) in [6.45, 7) is 1.69. The van der Waals surface area contributed by atoms with Crippen molar-refractivity contribution in [3.05, 3.63) is 35.9 Å². The summed E-state index contributed by atoms with van der Waals surface area (Å²) in [5.74, 6) is -4.85. The van der Waals surface area contributed by atoms with Gasteiger partial charge in [0.05, 0.1) is 0 Å². The number of nitrogens with two attached hydrogens (primary N) is 1. The minimum absolute atomic E-state index is 0. The van der Waals surface area contributed by atoms with Crippen molar-refractivity contribution >= 4 is 18.3 Å². The van der Waals surface area contributed by atoms with Crippen molar-refractivity contribution in [2.45, 2.75) is 18.9 Å². The number of halogens is 3. The van der Waals surface area contributed by atoms with Crippen LogP contribution in [0.1, 0.15) is 12.5 Å². The molecule has 1 aromatic carbocycles. The number of carbonyl (C=O) groups excluding carboxylic acids is 1. The number of hydrogen-bond acceptors (Lipinski definition) is 2. The number of alkyl halides is 2. The van der Waals surface area contributed by atoms with Crippen LogP contribution in [0.25, 0.3) is 0 Å². The molecule has 1 amide bonds. The maximum Gasteiger partial charge on any atom is 0.349 e. The lowest BCUT2D eigenvalue weighted by Crippen LogP contribution is -2.45. The number of rotatable bonds is 4. The van der Waals surface area contributed by atoms with Crippen LogP contribution < -0.4 is 11.1 Å². The summed E-state index contributed by atoms with van der Waals surface area (Å²) < 4.78 is 27.2. The third kappa shape index (κ3) is 3.94. The molecule has 0 bridgehead atoms. The molecule has 96 valence electrons. The molecule has 17 heavy (non-hydrogen) atoms. The summed E-state index contributed by atoms with van der Waals surface area (Å²) in [5.41, 5.74) is 4.92. The Morgan fingerprint density at radius 3 is 2.41 bits per heavy atom. The van der Waals surface area contributed by atoms with Gasteiger partial charge in [-0.05, 0) is 6.92 Å². The van der Waals surface area contributed by atoms with E-state index in [4.69, 9.17) is 5.73 Å². The Hall–Kier alpha value is -1.20. The molecule has 0 aliphatic rings. The van der Waals surface area contributed by atoms with Crippen LogP contribution in [0.2, 0.25) is 0 Å². The summed E-state index contributed by atoms with van der Waals surface area (Å²) >= 11 is 0. The van der Waals surface area contributed by atoms with Crippen molar-refractivity contribution in [2.75, 3.05) is 6.54 Å². The number of hydrogen-bond donors (Lipinski definition) is 2. The molecule has 0 fully saturated rings. The van der Waals surface area contributed by atoms with Crippen LogP contribution in [0.3, 0.4) is 0 Å². The minimum Gasteiger partial charge on any atom is -0.347 e. The van der Waals surface area contributed by atoms with Crippen LogP contribution in [0.15, 0.2) is 30.3 Å². The van der Waals surface area contributed by atoms with Crippen molar-refractivity contribution in [1.29, 1.82) is 0 Å². The SMILES string of the molecule is C[C@@H](CN)NC(=O)C(F)(F)c1ccccc1.Cl. The average Bonchev–Trinajstić information content (AvgIpc) is 2.29. The van der Waals surface area contributed by atoms with Crippen molar-refractivity contribution in [2.24, 2.45) is 5.73 Å². The van der Waals surface area contributed by atoms with Gasteiger partial charge in [0, 0.05) is 18.2 Å². The lowest BCUT2D eigenvalue weighted by Gasteiger charge is -2.19. The van der Waals surface area contributed by atoms with Crippen LogP contribution in [0.4, 0.5) is 8.78 Å². The van der Waals surface area contributed by atoms with E-state index in [2.05, 4.69) is 5.32 Å². The number of carbonyl (C=O) groups is 1. The molecular weight excluding hydrogens is 250 g/mol. The van der Waals surface area contributed by atoms with Gasteiger partial charge in [-0.3, -0.25) is 4.79 Å². The van der Waals surface area contributed by atoms with Crippen molar-refractivity contribution in [1.82, 2.24) is 5.32 Å². The second-order valence-corrected chi connectivity index (χ2v) is 3.55. The molecule has 0 aliphatic carbocycles. The Labute approximate surface area is 105 Å². The van der Waals surface area contributed by atoms with E-state index >= 15 is 0 Å². The highest BCUT2D eigenvalue weighted by Crippen LogP contribution is 2.27. The number of nitrogens with one attached hydrogen (secondary N) is 1. The molecule has 6 heteroatoms. The van der Waals surface area contributed by atoms with Crippen LogP contribution in [-0.4, -0.2) is 18.5 Å². The van der Waals surface area contributed by atoms with Gasteiger partial charge in [0.15, 0.2) is 0 Å². The van der Waals surface area contributed by atoms with Gasteiger partial charge in [0.25, 0.3) is 5.91 Å². The molecule has 0 aromatic heterocycles. The van der Waals surface area contributed by atoms with E-state index in [0.29, 0.717) is 0 Å². The van der Waals surface area contributed by atoms with Crippen LogP contribution in [0.5, 0.6) is 0 Å². The van der Waals surface area contributed by atoms with E-state index in [1.165, 1.54) is 24.3 Å². The summed E-state index contributed by atoms with van der Waals surface area (Å²) in [6, 6.07) is 6.49. The Bertz CT molecular complexity index is 360. The summed E-state index contributed by atoms with van der Waals surface area (Å²) in [5, 5.41) is 2.15. The molecule has 0 saturated carbocycles. The summed E-state index contributed by atoms with van der Waals surface area (Å²) in [6.07, 6.45) is 0. The predicted octanol–water partition coefficient (Wildman–Crippen LogP) is 1.66. The second kappa shape index (κ2) is 6.51. The van der Waals surface area contributed by atoms with Gasteiger partial charge in [0.1, 0.15) is 0 Å². The molecule has 0 aliphatic heterocycles. The van der Waals surface area contributed by atoms with Gasteiger partial charge in [-0.1, -0.05) is 30.3 Å². The molecule has 0 heterocycles. The maximum atomic E-state index is 13.6. The van der Waals surface area contributed by atoms with Gasteiger partial charge in [-0.2, -0.15) is 8.78 Å². The first kappa shape index (κ1) is 15.8. The highest BCUT2D eigenvalue weighted by atomic mass is 35.5. The maximum absolute atomic E-state index is 13.6. The molecule has 0 spiro atoms. The topological polar surface area (TPSA) is 55.1 Å². The fraction of sp³-hybridized carbons (Fsp3) is 0.364. The normalized spacial score (nSPS) is 12.5. The lowest BCUT2D eigenvalue weighted by atomic mass is 10.1. The smallest absolute Gasteiger partial charge is 0.347 e. The van der Waals surface area contributed by atoms with E-state index in [0.717, 1.165) is 0 Å². The average molecular weight is 265 g/mol. The standard InChI is InChI=1S/C11H14F2N2O.ClH/c1-8(7-14)15-10(16)11(12,13)9-5-3-2-4-6-9;/h2-6,8H,7,14H2,1H3,(H,15,16);1H/t8-;/m0./s1. The largest absolute Gasteiger partial charge is 0.349 e. The Morgan fingerprint density at radius 2 is 1.94 bits per heavy atom. The molecule has 1 aromatic rings. The Balaban J connectivity index is 0.00000256. The molecular formula is C11H15ClF2N2O. The first-order valence-corrected chi connectivity index (χ1v) is 4.93. The highest BCUT2D eigenvalue weighted by molar-refractivity contribution is 5.85. The number of benzene rings is 1. The fourth-order valence-corrected chi connectivity index (χ4v) is 1.15. The quantitative estimate of drug-likeness (QED) is 0.869. The predicted molar refractivity (Wildman–Crippen MR) is 64.2 cm³/mol. The monoisotopic (exact) mass is 264 g/mol. The highest BCUT2D eigenvalue weighted by Gasteiger charge is 2.40. The molecule has 1 atom stereocenters. The van der Waals surface area contributed by atoms with Crippen molar-refractivity contribution < 1.29 is 13.6 Å². The Morgan fingerprint density at radius 1 is 1.41 bits per heavy atom. The molecule has 0 saturated heterocycles. The lowest BCUT2D eigenvalue weighted by molar-refractivity contribution is -0.147. The van der Waals surface area contributed by atoms with Crippen molar-refractivity contribution in [3.8, 4) is 0 Å². The van der Waals surface area contributed by atoms with E-state index in [1.807, 2.05) is 0 Å². The molecule has 3 nitrogen and oxygen atoms in total. The third-order valence-corrected chi connectivity index (χ3v) is 2.15. The zero-order chi connectivity index (χ0) is 12.2.